The Balaban J connectivity index is 2.62. The second-order valence-electron chi connectivity index (χ2n) is 4.43. The van der Waals surface area contributed by atoms with Crippen molar-refractivity contribution >= 4 is 16.9 Å². The Hall–Kier alpha value is -1.27. The normalized spacial score (nSPS) is 14.3. The molecule has 0 radical (unpaired) electrons. The molecule has 0 fully saturated rings. The highest BCUT2D eigenvalue weighted by molar-refractivity contribution is 7.83. The molecule has 1 aromatic rings. The molecule has 0 spiro atoms. The zero-order valence-corrected chi connectivity index (χ0v) is 11.2. The lowest BCUT2D eigenvalue weighted by atomic mass is 10.0. The summed E-state index contributed by atoms with van der Waals surface area (Å²) in [5.74, 6) is -0.721. The summed E-state index contributed by atoms with van der Waals surface area (Å²) < 4.78 is 26.9. The molecule has 0 saturated carbocycles. The maximum absolute atomic E-state index is 12.9. The SMILES string of the molecule is CC(C)CC(N)C(=O)NS(=O)c1cccc(F)c1. The molecular formula is C12H17FN2O2S. The maximum Gasteiger partial charge on any atom is 0.248 e. The molecule has 0 saturated heterocycles. The van der Waals surface area contributed by atoms with E-state index in [0.29, 0.717) is 6.42 Å². The van der Waals surface area contributed by atoms with Gasteiger partial charge in [-0.15, -0.1) is 0 Å². The average molecular weight is 272 g/mol. The van der Waals surface area contributed by atoms with Gasteiger partial charge in [0.25, 0.3) is 0 Å². The standard InChI is InChI=1S/C12H17FN2O2S/c1-8(2)6-11(14)12(16)15-18(17)10-5-3-4-9(13)7-10/h3-5,7-8,11H,6,14H2,1-2H3,(H,15,16). The molecule has 100 valence electrons. The highest BCUT2D eigenvalue weighted by Gasteiger charge is 2.17. The zero-order chi connectivity index (χ0) is 13.7. The van der Waals surface area contributed by atoms with Crippen molar-refractivity contribution in [1.29, 1.82) is 0 Å². The summed E-state index contributed by atoms with van der Waals surface area (Å²) in [7, 11) is -1.78. The number of hydrogen-bond donors (Lipinski definition) is 2. The number of hydrogen-bond acceptors (Lipinski definition) is 3. The lowest BCUT2D eigenvalue weighted by molar-refractivity contribution is -0.120. The van der Waals surface area contributed by atoms with Crippen LogP contribution in [0.5, 0.6) is 0 Å². The fraction of sp³-hybridized carbons (Fsp3) is 0.417. The van der Waals surface area contributed by atoms with E-state index in [1.807, 2.05) is 13.8 Å². The van der Waals surface area contributed by atoms with E-state index in [9.17, 15) is 13.4 Å². The number of rotatable bonds is 5. The first-order valence-electron chi connectivity index (χ1n) is 5.63. The molecule has 2 atom stereocenters. The molecule has 0 bridgehead atoms. The zero-order valence-electron chi connectivity index (χ0n) is 10.4. The van der Waals surface area contributed by atoms with Gasteiger partial charge in [-0.2, -0.15) is 0 Å². The smallest absolute Gasteiger partial charge is 0.248 e. The van der Waals surface area contributed by atoms with E-state index in [1.54, 1.807) is 0 Å². The number of halogens is 1. The van der Waals surface area contributed by atoms with Crippen LogP contribution in [0, 0.1) is 11.7 Å². The number of nitrogens with one attached hydrogen (secondary N) is 1. The fourth-order valence-corrected chi connectivity index (χ4v) is 2.30. The summed E-state index contributed by atoms with van der Waals surface area (Å²) in [5.41, 5.74) is 5.65. The van der Waals surface area contributed by atoms with Gasteiger partial charge in [0.1, 0.15) is 5.82 Å². The summed E-state index contributed by atoms with van der Waals surface area (Å²) >= 11 is 0. The Morgan fingerprint density at radius 1 is 1.50 bits per heavy atom. The number of benzene rings is 1. The van der Waals surface area contributed by atoms with E-state index >= 15 is 0 Å². The molecule has 1 aromatic carbocycles. The first kappa shape index (κ1) is 14.8. The van der Waals surface area contributed by atoms with Crippen LogP contribution in [0.15, 0.2) is 29.2 Å². The molecular weight excluding hydrogens is 255 g/mol. The van der Waals surface area contributed by atoms with Crippen LogP contribution in [-0.2, 0) is 15.8 Å². The van der Waals surface area contributed by atoms with Crippen molar-refractivity contribution in [1.82, 2.24) is 4.72 Å². The van der Waals surface area contributed by atoms with E-state index in [0.717, 1.165) is 6.07 Å². The molecule has 0 aliphatic heterocycles. The third kappa shape index (κ3) is 4.54. The van der Waals surface area contributed by atoms with E-state index in [2.05, 4.69) is 4.72 Å². The van der Waals surface area contributed by atoms with Crippen molar-refractivity contribution < 1.29 is 13.4 Å². The van der Waals surface area contributed by atoms with Crippen LogP contribution in [0.2, 0.25) is 0 Å². The van der Waals surface area contributed by atoms with Gasteiger partial charge in [-0.1, -0.05) is 19.9 Å². The van der Waals surface area contributed by atoms with E-state index in [1.165, 1.54) is 18.2 Å². The van der Waals surface area contributed by atoms with Crippen LogP contribution in [0.3, 0.4) is 0 Å². The Labute approximate surface area is 108 Å². The van der Waals surface area contributed by atoms with Gasteiger partial charge in [-0.05, 0) is 30.5 Å². The topological polar surface area (TPSA) is 72.2 Å². The number of nitrogens with two attached hydrogens (primary N) is 1. The van der Waals surface area contributed by atoms with Gasteiger partial charge in [0.15, 0.2) is 11.0 Å². The molecule has 1 rings (SSSR count). The third-order valence-electron chi connectivity index (χ3n) is 2.27. The van der Waals surface area contributed by atoms with E-state index in [-0.39, 0.29) is 10.8 Å². The minimum absolute atomic E-state index is 0.208. The quantitative estimate of drug-likeness (QED) is 0.849. The van der Waals surface area contributed by atoms with Crippen LogP contribution >= 0.6 is 0 Å². The molecule has 0 aliphatic carbocycles. The second-order valence-corrected chi connectivity index (χ2v) is 5.64. The molecule has 6 heteroatoms. The van der Waals surface area contributed by atoms with Gasteiger partial charge < -0.3 is 5.73 Å². The van der Waals surface area contributed by atoms with E-state index < -0.39 is 28.8 Å². The maximum atomic E-state index is 12.9. The highest BCUT2D eigenvalue weighted by Crippen LogP contribution is 2.08. The van der Waals surface area contributed by atoms with Crippen molar-refractivity contribution in [3.63, 3.8) is 0 Å². The Bertz CT molecular complexity index is 451. The predicted molar refractivity (Wildman–Crippen MR) is 68.4 cm³/mol. The van der Waals surface area contributed by atoms with Gasteiger partial charge >= 0.3 is 0 Å². The lowest BCUT2D eigenvalue weighted by Crippen LogP contribution is -2.42. The first-order valence-corrected chi connectivity index (χ1v) is 6.78. The highest BCUT2D eigenvalue weighted by atomic mass is 32.2. The Kier molecular flexibility index (Phi) is 5.43. The largest absolute Gasteiger partial charge is 0.320 e. The van der Waals surface area contributed by atoms with Gasteiger partial charge in [0, 0.05) is 0 Å². The number of carbonyl (C=O) groups is 1. The van der Waals surface area contributed by atoms with Gasteiger partial charge in [-0.3, -0.25) is 9.52 Å². The molecule has 0 aliphatic rings. The van der Waals surface area contributed by atoms with Crippen molar-refractivity contribution in [2.75, 3.05) is 0 Å². The first-order chi connectivity index (χ1) is 8.40. The third-order valence-corrected chi connectivity index (χ3v) is 3.33. The van der Waals surface area contributed by atoms with Crippen LogP contribution < -0.4 is 10.5 Å². The van der Waals surface area contributed by atoms with Crippen molar-refractivity contribution in [3.8, 4) is 0 Å². The lowest BCUT2D eigenvalue weighted by Gasteiger charge is -2.13. The van der Waals surface area contributed by atoms with Crippen LogP contribution in [-0.4, -0.2) is 16.2 Å². The monoisotopic (exact) mass is 272 g/mol. The summed E-state index contributed by atoms with van der Waals surface area (Å²) in [4.78, 5) is 11.8. The molecule has 1 amide bonds. The fourth-order valence-electron chi connectivity index (χ4n) is 1.42. The molecule has 3 N–H and O–H groups in total. The summed E-state index contributed by atoms with van der Waals surface area (Å²) in [6, 6.07) is 4.57. The number of amides is 1. The Morgan fingerprint density at radius 2 is 2.17 bits per heavy atom. The summed E-state index contributed by atoms with van der Waals surface area (Å²) in [6.45, 7) is 3.88. The minimum atomic E-state index is -1.78. The molecule has 2 unspecified atom stereocenters. The average Bonchev–Trinajstić information content (AvgIpc) is 2.27. The number of carbonyl (C=O) groups excluding carboxylic acids is 1. The minimum Gasteiger partial charge on any atom is -0.320 e. The molecule has 0 heterocycles. The van der Waals surface area contributed by atoms with Gasteiger partial charge in [-0.25, -0.2) is 8.60 Å². The Morgan fingerprint density at radius 3 is 2.72 bits per heavy atom. The van der Waals surface area contributed by atoms with E-state index in [4.69, 9.17) is 5.73 Å². The van der Waals surface area contributed by atoms with Crippen molar-refractivity contribution in [2.24, 2.45) is 11.7 Å². The van der Waals surface area contributed by atoms with Crippen molar-refractivity contribution in [3.05, 3.63) is 30.1 Å². The molecule has 0 aromatic heterocycles. The van der Waals surface area contributed by atoms with Crippen LogP contribution in [0.4, 0.5) is 4.39 Å². The molecule has 18 heavy (non-hydrogen) atoms. The van der Waals surface area contributed by atoms with Crippen LogP contribution in [0.25, 0.3) is 0 Å². The summed E-state index contributed by atoms with van der Waals surface area (Å²) in [6.07, 6.45) is 0.506. The van der Waals surface area contributed by atoms with Gasteiger partial charge in [0.2, 0.25) is 5.91 Å². The summed E-state index contributed by atoms with van der Waals surface area (Å²) in [5, 5.41) is 0. The van der Waals surface area contributed by atoms with Crippen LogP contribution in [0.1, 0.15) is 20.3 Å². The molecule has 4 nitrogen and oxygen atoms in total. The predicted octanol–water partition coefficient (Wildman–Crippen LogP) is 1.34. The van der Waals surface area contributed by atoms with Gasteiger partial charge in [0.05, 0.1) is 10.9 Å². The van der Waals surface area contributed by atoms with Crippen molar-refractivity contribution in [2.45, 2.75) is 31.2 Å². The second kappa shape index (κ2) is 6.61.